The number of nitrogens with one attached hydrogen (secondary N) is 1. The number of aliphatic hydroxyl groups excluding tert-OH is 1. The second kappa shape index (κ2) is 5.78. The number of anilines is 1. The average Bonchev–Trinajstić information content (AvgIpc) is 2.11. The number of nitrogens with zero attached hydrogens (tertiary/aromatic N) is 2. The number of aliphatic hydroxyl groups is 1. The molecule has 0 aliphatic heterocycles. The van der Waals surface area contributed by atoms with E-state index in [9.17, 15) is 0 Å². The van der Waals surface area contributed by atoms with Crippen LogP contribution in [0.1, 0.15) is 18.7 Å². The van der Waals surface area contributed by atoms with Gasteiger partial charge in [0.25, 0.3) is 0 Å². The number of halogens is 1. The van der Waals surface area contributed by atoms with Gasteiger partial charge >= 0.3 is 0 Å². The maximum absolute atomic E-state index is 8.58. The Bertz CT molecular complexity index is 273. The third-order valence-electron chi connectivity index (χ3n) is 1.70. The SMILES string of the molecule is Cc1nc(Cl)cc(NCCCCO)n1. The van der Waals surface area contributed by atoms with Gasteiger partial charge in [-0.3, -0.25) is 0 Å². The molecule has 0 aliphatic carbocycles. The molecule has 0 aliphatic rings. The van der Waals surface area contributed by atoms with E-state index < -0.39 is 0 Å². The molecule has 14 heavy (non-hydrogen) atoms. The highest BCUT2D eigenvalue weighted by Crippen LogP contribution is 2.10. The maximum atomic E-state index is 8.58. The minimum absolute atomic E-state index is 0.227. The molecule has 78 valence electrons. The van der Waals surface area contributed by atoms with Crippen molar-refractivity contribution in [3.05, 3.63) is 17.0 Å². The molecule has 0 saturated heterocycles. The molecule has 0 fully saturated rings. The van der Waals surface area contributed by atoms with Crippen molar-refractivity contribution in [2.24, 2.45) is 0 Å². The van der Waals surface area contributed by atoms with E-state index in [0.29, 0.717) is 11.0 Å². The van der Waals surface area contributed by atoms with Crippen LogP contribution in [-0.2, 0) is 0 Å². The Kier molecular flexibility index (Phi) is 4.62. The van der Waals surface area contributed by atoms with Crippen LogP contribution in [0.3, 0.4) is 0 Å². The van der Waals surface area contributed by atoms with E-state index >= 15 is 0 Å². The van der Waals surface area contributed by atoms with Crippen molar-refractivity contribution >= 4 is 17.4 Å². The van der Waals surface area contributed by atoms with Crippen LogP contribution in [0.5, 0.6) is 0 Å². The third-order valence-corrected chi connectivity index (χ3v) is 1.89. The van der Waals surface area contributed by atoms with E-state index in [1.807, 2.05) is 0 Å². The largest absolute Gasteiger partial charge is 0.396 e. The monoisotopic (exact) mass is 215 g/mol. The van der Waals surface area contributed by atoms with Crippen LogP contribution in [0.4, 0.5) is 5.82 Å². The van der Waals surface area contributed by atoms with E-state index in [0.717, 1.165) is 25.2 Å². The molecule has 2 N–H and O–H groups in total. The Morgan fingerprint density at radius 1 is 1.43 bits per heavy atom. The minimum Gasteiger partial charge on any atom is -0.396 e. The number of unbranched alkanes of at least 4 members (excludes halogenated alkanes) is 1. The molecule has 0 bridgehead atoms. The summed E-state index contributed by atoms with van der Waals surface area (Å²) in [4.78, 5) is 8.12. The van der Waals surface area contributed by atoms with Crippen LogP contribution in [0.2, 0.25) is 5.15 Å². The summed E-state index contributed by atoms with van der Waals surface area (Å²) < 4.78 is 0. The zero-order chi connectivity index (χ0) is 10.4. The van der Waals surface area contributed by atoms with Crippen LogP contribution in [0.25, 0.3) is 0 Å². The maximum Gasteiger partial charge on any atom is 0.134 e. The van der Waals surface area contributed by atoms with Crippen LogP contribution < -0.4 is 5.32 Å². The van der Waals surface area contributed by atoms with Crippen molar-refractivity contribution in [3.63, 3.8) is 0 Å². The first-order valence-electron chi connectivity index (χ1n) is 4.58. The molecule has 4 nitrogen and oxygen atoms in total. The zero-order valence-corrected chi connectivity index (χ0v) is 8.88. The average molecular weight is 216 g/mol. The van der Waals surface area contributed by atoms with Gasteiger partial charge in [0.2, 0.25) is 0 Å². The lowest BCUT2D eigenvalue weighted by Gasteiger charge is -2.05. The van der Waals surface area contributed by atoms with Crippen molar-refractivity contribution in [3.8, 4) is 0 Å². The molecule has 0 amide bonds. The Balaban J connectivity index is 2.42. The number of aryl methyl sites for hydroxylation is 1. The number of aromatic nitrogens is 2. The fourth-order valence-electron chi connectivity index (χ4n) is 1.08. The second-order valence-corrected chi connectivity index (χ2v) is 3.37. The van der Waals surface area contributed by atoms with Crippen molar-refractivity contribution < 1.29 is 5.11 Å². The predicted octanol–water partition coefficient (Wildman–Crippen LogP) is 1.62. The Hall–Kier alpha value is -0.870. The van der Waals surface area contributed by atoms with Crippen molar-refractivity contribution in [1.29, 1.82) is 0 Å². The molecule has 0 spiro atoms. The Morgan fingerprint density at radius 2 is 2.21 bits per heavy atom. The highest BCUT2D eigenvalue weighted by molar-refractivity contribution is 6.29. The first kappa shape index (κ1) is 11.2. The molecule has 0 unspecified atom stereocenters. The lowest BCUT2D eigenvalue weighted by molar-refractivity contribution is 0.286. The Labute approximate surface area is 88.3 Å². The van der Waals surface area contributed by atoms with Crippen molar-refractivity contribution in [2.45, 2.75) is 19.8 Å². The van der Waals surface area contributed by atoms with E-state index in [1.165, 1.54) is 0 Å². The first-order chi connectivity index (χ1) is 6.72. The molecule has 5 heteroatoms. The van der Waals surface area contributed by atoms with E-state index in [1.54, 1.807) is 13.0 Å². The van der Waals surface area contributed by atoms with Gasteiger partial charge in [0.1, 0.15) is 16.8 Å². The van der Waals surface area contributed by atoms with Crippen LogP contribution in [0, 0.1) is 6.92 Å². The van der Waals surface area contributed by atoms with Gasteiger partial charge in [-0.05, 0) is 19.8 Å². The summed E-state index contributed by atoms with van der Waals surface area (Å²) >= 11 is 5.76. The lowest BCUT2D eigenvalue weighted by atomic mass is 10.3. The number of hydrogen-bond donors (Lipinski definition) is 2. The fraction of sp³-hybridized carbons (Fsp3) is 0.556. The van der Waals surface area contributed by atoms with Gasteiger partial charge in [-0.2, -0.15) is 0 Å². The van der Waals surface area contributed by atoms with Gasteiger partial charge < -0.3 is 10.4 Å². The van der Waals surface area contributed by atoms with E-state index in [-0.39, 0.29) is 6.61 Å². The van der Waals surface area contributed by atoms with Gasteiger partial charge in [0.15, 0.2) is 0 Å². The molecule has 0 radical (unpaired) electrons. The standard InChI is InChI=1S/C9H14ClN3O/c1-7-12-8(10)6-9(13-7)11-4-2-3-5-14/h6,14H,2-5H2,1H3,(H,11,12,13). The molecule has 1 rings (SSSR count). The van der Waals surface area contributed by atoms with Crippen LogP contribution in [0.15, 0.2) is 6.07 Å². The molecule has 1 aromatic heterocycles. The first-order valence-corrected chi connectivity index (χ1v) is 4.96. The summed E-state index contributed by atoms with van der Waals surface area (Å²) in [6, 6.07) is 1.69. The summed E-state index contributed by atoms with van der Waals surface area (Å²) in [5.74, 6) is 1.39. The van der Waals surface area contributed by atoms with Gasteiger partial charge in [-0.15, -0.1) is 0 Å². The molecule has 0 atom stereocenters. The van der Waals surface area contributed by atoms with Gasteiger partial charge in [0.05, 0.1) is 0 Å². The van der Waals surface area contributed by atoms with Crippen LogP contribution in [-0.4, -0.2) is 28.2 Å². The third kappa shape index (κ3) is 3.89. The van der Waals surface area contributed by atoms with Gasteiger partial charge in [-0.25, -0.2) is 9.97 Å². The molecule has 0 saturated carbocycles. The highest BCUT2D eigenvalue weighted by Gasteiger charge is 1.98. The van der Waals surface area contributed by atoms with E-state index in [2.05, 4.69) is 15.3 Å². The van der Waals surface area contributed by atoms with Crippen molar-refractivity contribution in [1.82, 2.24) is 9.97 Å². The summed E-state index contributed by atoms with van der Waals surface area (Å²) in [5, 5.41) is 12.1. The number of hydrogen-bond acceptors (Lipinski definition) is 4. The van der Waals surface area contributed by atoms with Gasteiger partial charge in [0, 0.05) is 19.2 Å². The minimum atomic E-state index is 0.227. The normalized spacial score (nSPS) is 10.2. The smallest absolute Gasteiger partial charge is 0.134 e. The lowest BCUT2D eigenvalue weighted by Crippen LogP contribution is -2.05. The summed E-state index contributed by atoms with van der Waals surface area (Å²) in [5.41, 5.74) is 0. The molecule has 1 aromatic rings. The van der Waals surface area contributed by atoms with Crippen molar-refractivity contribution in [2.75, 3.05) is 18.5 Å². The zero-order valence-electron chi connectivity index (χ0n) is 8.13. The highest BCUT2D eigenvalue weighted by atomic mass is 35.5. The fourth-order valence-corrected chi connectivity index (χ4v) is 1.30. The molecule has 0 aromatic carbocycles. The molecular formula is C9H14ClN3O. The Morgan fingerprint density at radius 3 is 2.86 bits per heavy atom. The summed E-state index contributed by atoms with van der Waals surface area (Å²) in [7, 11) is 0. The predicted molar refractivity (Wildman–Crippen MR) is 56.6 cm³/mol. The topological polar surface area (TPSA) is 58.0 Å². The summed E-state index contributed by atoms with van der Waals surface area (Å²) in [6.45, 7) is 2.81. The summed E-state index contributed by atoms with van der Waals surface area (Å²) in [6.07, 6.45) is 1.71. The molecular weight excluding hydrogens is 202 g/mol. The molecule has 1 heterocycles. The number of rotatable bonds is 5. The van der Waals surface area contributed by atoms with Gasteiger partial charge in [-0.1, -0.05) is 11.6 Å². The second-order valence-electron chi connectivity index (χ2n) is 2.98. The van der Waals surface area contributed by atoms with Crippen LogP contribution >= 0.6 is 11.6 Å². The quantitative estimate of drug-likeness (QED) is 0.579. The van der Waals surface area contributed by atoms with E-state index in [4.69, 9.17) is 16.7 Å².